The van der Waals surface area contributed by atoms with E-state index in [2.05, 4.69) is 41.0 Å². The molecular formula is C14H21N3. The number of hydrogen-bond acceptors (Lipinski definition) is 3. The Bertz CT molecular complexity index is 368. The Kier molecular flexibility index (Phi) is 6.13. The molecule has 3 heteroatoms. The Labute approximate surface area is 104 Å². The van der Waals surface area contributed by atoms with Crippen molar-refractivity contribution in [1.29, 1.82) is 0 Å². The second kappa shape index (κ2) is 7.70. The van der Waals surface area contributed by atoms with E-state index in [0.29, 0.717) is 6.54 Å². The van der Waals surface area contributed by atoms with E-state index in [0.717, 1.165) is 31.9 Å². The van der Waals surface area contributed by atoms with Gasteiger partial charge in [-0.25, -0.2) is 4.98 Å². The third-order valence-corrected chi connectivity index (χ3v) is 2.55. The monoisotopic (exact) mass is 231 g/mol. The van der Waals surface area contributed by atoms with Gasteiger partial charge in [0.2, 0.25) is 0 Å². The van der Waals surface area contributed by atoms with Crippen molar-refractivity contribution in [3.63, 3.8) is 0 Å². The Balaban J connectivity index is 2.67. The molecule has 0 saturated heterocycles. The third-order valence-electron chi connectivity index (χ3n) is 2.55. The summed E-state index contributed by atoms with van der Waals surface area (Å²) >= 11 is 0. The van der Waals surface area contributed by atoms with Gasteiger partial charge in [0.1, 0.15) is 5.82 Å². The van der Waals surface area contributed by atoms with Crippen LogP contribution in [0.15, 0.2) is 18.3 Å². The SMILES string of the molecule is C#CCN(CC)c1cc(CNCCC)ccn1. The van der Waals surface area contributed by atoms with Crippen LogP contribution in [0.3, 0.4) is 0 Å². The van der Waals surface area contributed by atoms with Crippen LogP contribution in [0.2, 0.25) is 0 Å². The minimum absolute atomic E-state index is 0.606. The first kappa shape index (κ1) is 13.5. The molecule has 92 valence electrons. The average molecular weight is 231 g/mol. The summed E-state index contributed by atoms with van der Waals surface area (Å²) in [6.45, 7) is 7.66. The van der Waals surface area contributed by atoms with Crippen LogP contribution < -0.4 is 10.2 Å². The first-order valence-electron chi connectivity index (χ1n) is 6.15. The van der Waals surface area contributed by atoms with E-state index in [4.69, 9.17) is 6.42 Å². The normalized spacial score (nSPS) is 9.94. The van der Waals surface area contributed by atoms with Crippen LogP contribution in [0.4, 0.5) is 5.82 Å². The Morgan fingerprint density at radius 2 is 2.29 bits per heavy atom. The highest BCUT2D eigenvalue weighted by atomic mass is 15.2. The summed E-state index contributed by atoms with van der Waals surface area (Å²) in [6.07, 6.45) is 8.34. The molecule has 1 N–H and O–H groups in total. The molecule has 0 aliphatic heterocycles. The van der Waals surface area contributed by atoms with E-state index < -0.39 is 0 Å². The van der Waals surface area contributed by atoms with Gasteiger partial charge in [0, 0.05) is 19.3 Å². The largest absolute Gasteiger partial charge is 0.346 e. The molecule has 3 nitrogen and oxygen atoms in total. The molecule has 0 spiro atoms. The predicted octanol–water partition coefficient (Wildman–Crippen LogP) is 2.04. The standard InChI is InChI=1S/C14H21N3/c1-4-8-15-12-13-7-9-16-14(11-13)17(6-3)10-5-2/h2,7,9,11,15H,4,6,8,10,12H2,1,3H3. The molecule has 0 aliphatic carbocycles. The zero-order valence-electron chi connectivity index (χ0n) is 10.7. The molecule has 0 saturated carbocycles. The van der Waals surface area contributed by atoms with E-state index in [1.807, 2.05) is 12.3 Å². The maximum atomic E-state index is 5.35. The van der Waals surface area contributed by atoms with Crippen molar-refractivity contribution in [2.45, 2.75) is 26.8 Å². The molecule has 0 atom stereocenters. The number of rotatable bonds is 7. The van der Waals surface area contributed by atoms with E-state index in [1.165, 1.54) is 5.56 Å². The van der Waals surface area contributed by atoms with Gasteiger partial charge in [-0.1, -0.05) is 12.8 Å². The number of pyridine rings is 1. The lowest BCUT2D eigenvalue weighted by Gasteiger charge is -2.19. The van der Waals surface area contributed by atoms with Crippen LogP contribution in [0.25, 0.3) is 0 Å². The molecule has 0 fully saturated rings. The van der Waals surface area contributed by atoms with Gasteiger partial charge in [-0.2, -0.15) is 0 Å². The van der Waals surface area contributed by atoms with Gasteiger partial charge in [-0.05, 0) is 37.6 Å². The summed E-state index contributed by atoms with van der Waals surface area (Å²) in [5.41, 5.74) is 1.25. The summed E-state index contributed by atoms with van der Waals surface area (Å²) in [4.78, 5) is 6.45. The molecule has 1 rings (SSSR count). The fourth-order valence-corrected chi connectivity index (χ4v) is 1.62. The van der Waals surface area contributed by atoms with Crippen molar-refractivity contribution < 1.29 is 0 Å². The molecule has 0 bridgehead atoms. The molecule has 0 radical (unpaired) electrons. The second-order valence-corrected chi connectivity index (χ2v) is 3.92. The van der Waals surface area contributed by atoms with E-state index >= 15 is 0 Å². The number of nitrogens with zero attached hydrogens (tertiary/aromatic N) is 2. The van der Waals surface area contributed by atoms with Crippen LogP contribution in [0.5, 0.6) is 0 Å². The zero-order valence-corrected chi connectivity index (χ0v) is 10.7. The maximum absolute atomic E-state index is 5.35. The van der Waals surface area contributed by atoms with E-state index in [-0.39, 0.29) is 0 Å². The van der Waals surface area contributed by atoms with Gasteiger partial charge in [0.15, 0.2) is 0 Å². The van der Waals surface area contributed by atoms with Crippen molar-refractivity contribution in [2.24, 2.45) is 0 Å². The number of hydrogen-bond donors (Lipinski definition) is 1. The molecule has 0 amide bonds. The maximum Gasteiger partial charge on any atom is 0.129 e. The lowest BCUT2D eigenvalue weighted by Crippen LogP contribution is -2.24. The highest BCUT2D eigenvalue weighted by molar-refractivity contribution is 5.42. The Morgan fingerprint density at radius 1 is 1.47 bits per heavy atom. The zero-order chi connectivity index (χ0) is 12.5. The number of terminal acetylenes is 1. The van der Waals surface area contributed by atoms with Gasteiger partial charge in [0.05, 0.1) is 6.54 Å². The summed E-state index contributed by atoms with van der Waals surface area (Å²) in [5.74, 6) is 3.62. The molecule has 1 aromatic heterocycles. The molecule has 1 aromatic rings. The summed E-state index contributed by atoms with van der Waals surface area (Å²) < 4.78 is 0. The van der Waals surface area contributed by atoms with Crippen molar-refractivity contribution in [3.05, 3.63) is 23.9 Å². The van der Waals surface area contributed by atoms with Crippen LogP contribution in [0, 0.1) is 12.3 Å². The topological polar surface area (TPSA) is 28.2 Å². The number of aromatic nitrogens is 1. The highest BCUT2D eigenvalue weighted by Crippen LogP contribution is 2.12. The van der Waals surface area contributed by atoms with E-state index in [9.17, 15) is 0 Å². The van der Waals surface area contributed by atoms with Crippen molar-refractivity contribution >= 4 is 5.82 Å². The fourth-order valence-electron chi connectivity index (χ4n) is 1.62. The van der Waals surface area contributed by atoms with Crippen molar-refractivity contribution in [1.82, 2.24) is 10.3 Å². The number of anilines is 1. The molecular weight excluding hydrogens is 210 g/mol. The van der Waals surface area contributed by atoms with Gasteiger partial charge >= 0.3 is 0 Å². The Morgan fingerprint density at radius 3 is 2.94 bits per heavy atom. The van der Waals surface area contributed by atoms with Crippen LogP contribution >= 0.6 is 0 Å². The highest BCUT2D eigenvalue weighted by Gasteiger charge is 2.04. The third kappa shape index (κ3) is 4.46. The fraction of sp³-hybridized carbons (Fsp3) is 0.500. The van der Waals surface area contributed by atoms with Crippen LogP contribution in [-0.4, -0.2) is 24.6 Å². The van der Waals surface area contributed by atoms with Crippen LogP contribution in [0.1, 0.15) is 25.8 Å². The summed E-state index contributed by atoms with van der Waals surface area (Å²) in [5, 5.41) is 3.38. The summed E-state index contributed by atoms with van der Waals surface area (Å²) in [6, 6.07) is 4.14. The first-order valence-corrected chi connectivity index (χ1v) is 6.15. The summed E-state index contributed by atoms with van der Waals surface area (Å²) in [7, 11) is 0. The smallest absolute Gasteiger partial charge is 0.129 e. The second-order valence-electron chi connectivity index (χ2n) is 3.92. The molecule has 0 unspecified atom stereocenters. The van der Waals surface area contributed by atoms with Gasteiger partial charge < -0.3 is 10.2 Å². The van der Waals surface area contributed by atoms with Gasteiger partial charge in [0.25, 0.3) is 0 Å². The Hall–Kier alpha value is -1.53. The first-order chi connectivity index (χ1) is 8.31. The lowest BCUT2D eigenvalue weighted by atomic mass is 10.2. The average Bonchev–Trinajstić information content (AvgIpc) is 2.36. The minimum atomic E-state index is 0.606. The van der Waals surface area contributed by atoms with Crippen molar-refractivity contribution in [3.8, 4) is 12.3 Å². The molecule has 0 aromatic carbocycles. The quantitative estimate of drug-likeness (QED) is 0.575. The molecule has 1 heterocycles. The number of nitrogens with one attached hydrogen (secondary N) is 1. The molecule has 17 heavy (non-hydrogen) atoms. The minimum Gasteiger partial charge on any atom is -0.346 e. The molecule has 0 aliphatic rings. The van der Waals surface area contributed by atoms with Crippen molar-refractivity contribution in [2.75, 3.05) is 24.5 Å². The van der Waals surface area contributed by atoms with E-state index in [1.54, 1.807) is 0 Å². The lowest BCUT2D eigenvalue weighted by molar-refractivity contribution is 0.674. The predicted molar refractivity (Wildman–Crippen MR) is 73.0 cm³/mol. The van der Waals surface area contributed by atoms with Crippen LogP contribution in [-0.2, 0) is 6.54 Å². The van der Waals surface area contributed by atoms with Gasteiger partial charge in [-0.3, -0.25) is 0 Å². The van der Waals surface area contributed by atoms with Gasteiger partial charge in [-0.15, -0.1) is 6.42 Å².